The number of amides is 1. The zero-order chi connectivity index (χ0) is 20.8. The monoisotopic (exact) mass is 405 g/mol. The normalized spacial score (nSPS) is 10.8. The van der Waals surface area contributed by atoms with Crippen molar-refractivity contribution in [3.63, 3.8) is 0 Å². The summed E-state index contributed by atoms with van der Waals surface area (Å²) in [5.74, 6) is 0.348. The van der Waals surface area contributed by atoms with Gasteiger partial charge in [0.25, 0.3) is 0 Å². The Kier molecular flexibility index (Phi) is 5.93. The fraction of sp³-hybridized carbons (Fsp3) is 0.182. The Morgan fingerprint density at radius 1 is 1.07 bits per heavy atom. The number of benzene rings is 2. The molecule has 0 radical (unpaired) electrons. The highest BCUT2D eigenvalue weighted by Crippen LogP contribution is 2.16. The summed E-state index contributed by atoms with van der Waals surface area (Å²) in [5, 5.41) is 11.0. The van der Waals surface area contributed by atoms with Crippen LogP contribution in [0.15, 0.2) is 71.5 Å². The van der Waals surface area contributed by atoms with Crippen LogP contribution in [0.5, 0.6) is 0 Å². The van der Waals surface area contributed by atoms with Crippen molar-refractivity contribution in [1.82, 2.24) is 25.2 Å². The van der Waals surface area contributed by atoms with Gasteiger partial charge in [-0.3, -0.25) is 4.79 Å². The van der Waals surface area contributed by atoms with Crippen LogP contribution in [0.25, 0.3) is 17.1 Å². The van der Waals surface area contributed by atoms with Crippen LogP contribution >= 0.6 is 0 Å². The summed E-state index contributed by atoms with van der Waals surface area (Å²) < 4.78 is 20.0. The third-order valence-electron chi connectivity index (χ3n) is 4.58. The lowest BCUT2D eigenvalue weighted by Gasteiger charge is -2.06. The summed E-state index contributed by atoms with van der Waals surface area (Å²) in [6.45, 7) is 0.546. The first kappa shape index (κ1) is 19.5. The van der Waals surface area contributed by atoms with E-state index in [4.69, 9.17) is 4.52 Å². The second-order valence-corrected chi connectivity index (χ2v) is 6.74. The number of carbonyl (C=O) groups excluding carboxylic acids is 1. The van der Waals surface area contributed by atoms with Crippen LogP contribution in [0.2, 0.25) is 0 Å². The molecule has 30 heavy (non-hydrogen) atoms. The number of nitrogens with zero attached hydrogens (tertiary/aromatic N) is 4. The van der Waals surface area contributed by atoms with Gasteiger partial charge in [-0.05, 0) is 54.4 Å². The Labute approximate surface area is 172 Å². The van der Waals surface area contributed by atoms with E-state index in [2.05, 4.69) is 20.6 Å². The first-order chi connectivity index (χ1) is 14.7. The molecule has 0 fully saturated rings. The zero-order valence-corrected chi connectivity index (χ0v) is 16.2. The highest BCUT2D eigenvalue weighted by molar-refractivity contribution is 5.76. The SMILES string of the molecule is O=C(CCc1nc(-c2ccc(F)cc2)no1)NCCc1ccc(-n2cccn2)cc1. The summed E-state index contributed by atoms with van der Waals surface area (Å²) in [5.41, 5.74) is 2.79. The summed E-state index contributed by atoms with van der Waals surface area (Å²) in [7, 11) is 0. The van der Waals surface area contributed by atoms with E-state index >= 15 is 0 Å². The molecular formula is C22H20FN5O2. The van der Waals surface area contributed by atoms with Crippen LogP contribution in [0.4, 0.5) is 4.39 Å². The van der Waals surface area contributed by atoms with Crippen molar-refractivity contribution in [2.45, 2.75) is 19.3 Å². The van der Waals surface area contributed by atoms with Gasteiger partial charge in [0.2, 0.25) is 17.6 Å². The zero-order valence-electron chi connectivity index (χ0n) is 16.2. The van der Waals surface area contributed by atoms with Crippen LogP contribution in [-0.4, -0.2) is 32.4 Å². The number of halogens is 1. The number of nitrogens with one attached hydrogen (secondary N) is 1. The number of aryl methyl sites for hydroxylation is 1. The fourth-order valence-corrected chi connectivity index (χ4v) is 2.96. The number of carbonyl (C=O) groups is 1. The van der Waals surface area contributed by atoms with Crippen molar-refractivity contribution < 1.29 is 13.7 Å². The van der Waals surface area contributed by atoms with E-state index < -0.39 is 0 Å². The molecule has 0 aliphatic heterocycles. The Morgan fingerprint density at radius 2 is 1.87 bits per heavy atom. The molecule has 0 aliphatic carbocycles. The smallest absolute Gasteiger partial charge is 0.227 e. The number of hydrogen-bond donors (Lipinski definition) is 1. The lowest BCUT2D eigenvalue weighted by atomic mass is 10.1. The Morgan fingerprint density at radius 3 is 2.60 bits per heavy atom. The number of hydrogen-bond acceptors (Lipinski definition) is 5. The van der Waals surface area contributed by atoms with Gasteiger partial charge in [-0.15, -0.1) is 0 Å². The molecule has 0 spiro atoms. The first-order valence-electron chi connectivity index (χ1n) is 9.61. The van der Waals surface area contributed by atoms with Gasteiger partial charge in [0.05, 0.1) is 5.69 Å². The molecule has 2 aromatic carbocycles. The van der Waals surface area contributed by atoms with Gasteiger partial charge in [-0.25, -0.2) is 9.07 Å². The fourth-order valence-electron chi connectivity index (χ4n) is 2.96. The minimum atomic E-state index is -0.326. The predicted molar refractivity (Wildman–Crippen MR) is 108 cm³/mol. The van der Waals surface area contributed by atoms with Gasteiger partial charge < -0.3 is 9.84 Å². The molecule has 7 nitrogen and oxygen atoms in total. The molecular weight excluding hydrogens is 385 g/mol. The van der Waals surface area contributed by atoms with Gasteiger partial charge in [0.1, 0.15) is 5.82 Å². The van der Waals surface area contributed by atoms with E-state index in [0.717, 1.165) is 17.7 Å². The van der Waals surface area contributed by atoms with Gasteiger partial charge in [0, 0.05) is 37.3 Å². The summed E-state index contributed by atoms with van der Waals surface area (Å²) in [6, 6.07) is 15.8. The summed E-state index contributed by atoms with van der Waals surface area (Å²) in [6.07, 6.45) is 4.96. The molecule has 1 N–H and O–H groups in total. The maximum atomic E-state index is 13.0. The molecule has 0 saturated heterocycles. The van der Waals surface area contributed by atoms with Gasteiger partial charge >= 0.3 is 0 Å². The molecule has 0 atom stereocenters. The molecule has 4 aromatic rings. The standard InChI is InChI=1S/C22H20FN5O2/c23-18-6-4-17(5-7-18)22-26-21(30-27-22)11-10-20(29)24-14-12-16-2-8-19(9-3-16)28-15-1-13-25-28/h1-9,13,15H,10-12,14H2,(H,24,29). The lowest BCUT2D eigenvalue weighted by Crippen LogP contribution is -2.25. The topological polar surface area (TPSA) is 85.8 Å². The predicted octanol–water partition coefficient (Wildman–Crippen LogP) is 3.35. The molecule has 2 heterocycles. The Balaban J connectivity index is 1.20. The van der Waals surface area contributed by atoms with E-state index in [9.17, 15) is 9.18 Å². The van der Waals surface area contributed by atoms with Gasteiger partial charge in [-0.2, -0.15) is 10.1 Å². The molecule has 1 amide bonds. The number of aromatic nitrogens is 4. The lowest BCUT2D eigenvalue weighted by molar-refractivity contribution is -0.121. The molecule has 0 saturated carbocycles. The van der Waals surface area contributed by atoms with Gasteiger partial charge in [0.15, 0.2) is 0 Å². The van der Waals surface area contributed by atoms with Crippen molar-refractivity contribution >= 4 is 5.91 Å². The average molecular weight is 405 g/mol. The van der Waals surface area contributed by atoms with Crippen molar-refractivity contribution in [1.29, 1.82) is 0 Å². The van der Waals surface area contributed by atoms with Crippen LogP contribution in [0.1, 0.15) is 17.9 Å². The Hall–Kier alpha value is -3.81. The molecule has 8 heteroatoms. The van der Waals surface area contributed by atoms with E-state index in [-0.39, 0.29) is 18.1 Å². The molecule has 0 aliphatic rings. The maximum absolute atomic E-state index is 13.0. The summed E-state index contributed by atoms with van der Waals surface area (Å²) >= 11 is 0. The summed E-state index contributed by atoms with van der Waals surface area (Å²) in [4.78, 5) is 16.3. The van der Waals surface area contributed by atoms with E-state index in [1.165, 1.54) is 12.1 Å². The average Bonchev–Trinajstić information content (AvgIpc) is 3.46. The van der Waals surface area contributed by atoms with Gasteiger partial charge in [-0.1, -0.05) is 17.3 Å². The molecule has 0 unspecified atom stereocenters. The molecule has 2 aromatic heterocycles. The third kappa shape index (κ3) is 4.96. The minimum Gasteiger partial charge on any atom is -0.356 e. The van der Waals surface area contributed by atoms with Crippen molar-refractivity contribution in [2.24, 2.45) is 0 Å². The van der Waals surface area contributed by atoms with Crippen molar-refractivity contribution in [3.05, 3.63) is 84.3 Å². The van der Waals surface area contributed by atoms with Crippen LogP contribution in [0, 0.1) is 5.82 Å². The molecule has 152 valence electrons. The van der Waals surface area contributed by atoms with Crippen molar-refractivity contribution in [3.8, 4) is 17.1 Å². The van der Waals surface area contributed by atoms with Crippen LogP contribution in [0.3, 0.4) is 0 Å². The second kappa shape index (κ2) is 9.13. The van der Waals surface area contributed by atoms with Crippen LogP contribution in [-0.2, 0) is 17.6 Å². The second-order valence-electron chi connectivity index (χ2n) is 6.74. The van der Waals surface area contributed by atoms with Crippen LogP contribution < -0.4 is 5.32 Å². The third-order valence-corrected chi connectivity index (χ3v) is 4.58. The molecule has 0 bridgehead atoms. The highest BCUT2D eigenvalue weighted by atomic mass is 19.1. The number of rotatable bonds is 8. The highest BCUT2D eigenvalue weighted by Gasteiger charge is 2.11. The minimum absolute atomic E-state index is 0.0790. The largest absolute Gasteiger partial charge is 0.356 e. The first-order valence-corrected chi connectivity index (χ1v) is 9.61. The van der Waals surface area contributed by atoms with E-state index in [1.54, 1.807) is 23.0 Å². The maximum Gasteiger partial charge on any atom is 0.227 e. The molecule has 4 rings (SSSR count). The van der Waals surface area contributed by atoms with E-state index in [0.29, 0.717) is 30.2 Å². The van der Waals surface area contributed by atoms with E-state index in [1.807, 2.05) is 36.5 Å². The van der Waals surface area contributed by atoms with Crippen molar-refractivity contribution in [2.75, 3.05) is 6.54 Å². The Bertz CT molecular complexity index is 1090. The quantitative estimate of drug-likeness (QED) is 0.486.